The Morgan fingerprint density at radius 1 is 1.47 bits per heavy atom. The van der Waals surface area contributed by atoms with Crippen LogP contribution in [0.4, 0.5) is 0 Å². The summed E-state index contributed by atoms with van der Waals surface area (Å²) < 4.78 is 5.71. The van der Waals surface area contributed by atoms with E-state index in [1.54, 1.807) is 0 Å². The van der Waals surface area contributed by atoms with Gasteiger partial charge in [0.25, 0.3) is 0 Å². The summed E-state index contributed by atoms with van der Waals surface area (Å²) in [6.45, 7) is 4.30. The van der Waals surface area contributed by atoms with Gasteiger partial charge in [0.1, 0.15) is 0 Å². The average Bonchev–Trinajstić information content (AvgIpc) is 2.32. The molecule has 2 rings (SSSR count). The van der Waals surface area contributed by atoms with Gasteiger partial charge in [-0.1, -0.05) is 0 Å². The van der Waals surface area contributed by atoms with Crippen molar-refractivity contribution in [2.75, 3.05) is 46.9 Å². The first kappa shape index (κ1) is 12.8. The third-order valence-corrected chi connectivity index (χ3v) is 3.64. The van der Waals surface area contributed by atoms with Gasteiger partial charge >= 0.3 is 0 Å². The molecule has 2 aliphatic rings. The molecule has 17 heavy (non-hydrogen) atoms. The molecule has 5 heteroatoms. The number of carbonyl (C=O) groups is 1. The zero-order chi connectivity index (χ0) is 12.3. The fourth-order valence-electron chi connectivity index (χ4n) is 2.61. The first-order valence-electron chi connectivity index (χ1n) is 6.47. The van der Waals surface area contributed by atoms with Gasteiger partial charge in [-0.15, -0.1) is 0 Å². The molecule has 1 amide bonds. The zero-order valence-electron chi connectivity index (χ0n) is 10.8. The lowest BCUT2D eigenvalue weighted by atomic mass is 10.0. The van der Waals surface area contributed by atoms with Gasteiger partial charge in [0.2, 0.25) is 5.91 Å². The third kappa shape index (κ3) is 3.18. The molecule has 0 bridgehead atoms. The summed E-state index contributed by atoms with van der Waals surface area (Å²) in [5, 5.41) is 3.09. The Hall–Kier alpha value is -0.650. The maximum atomic E-state index is 12.1. The number of nitrogens with zero attached hydrogens (tertiary/aromatic N) is 2. The van der Waals surface area contributed by atoms with E-state index in [4.69, 9.17) is 4.74 Å². The minimum absolute atomic E-state index is 0.00469. The topological polar surface area (TPSA) is 44.8 Å². The van der Waals surface area contributed by atoms with Crippen molar-refractivity contribution in [3.63, 3.8) is 0 Å². The minimum Gasteiger partial charge on any atom is -0.374 e. The van der Waals surface area contributed by atoms with Crippen molar-refractivity contribution in [1.82, 2.24) is 15.1 Å². The normalized spacial score (nSPS) is 31.9. The van der Waals surface area contributed by atoms with Crippen molar-refractivity contribution < 1.29 is 9.53 Å². The van der Waals surface area contributed by atoms with E-state index in [1.807, 2.05) is 11.9 Å². The highest BCUT2D eigenvalue weighted by Gasteiger charge is 2.30. The van der Waals surface area contributed by atoms with Gasteiger partial charge in [-0.2, -0.15) is 0 Å². The summed E-state index contributed by atoms with van der Waals surface area (Å²) in [4.78, 5) is 16.3. The molecule has 0 aliphatic carbocycles. The van der Waals surface area contributed by atoms with Crippen LogP contribution in [0.1, 0.15) is 12.8 Å². The quantitative estimate of drug-likeness (QED) is 0.725. The number of rotatable bonds is 3. The third-order valence-electron chi connectivity index (χ3n) is 3.64. The molecular formula is C12H23N3O2. The Morgan fingerprint density at radius 2 is 2.29 bits per heavy atom. The fourth-order valence-corrected chi connectivity index (χ4v) is 2.61. The van der Waals surface area contributed by atoms with Gasteiger partial charge in [-0.05, 0) is 26.9 Å². The van der Waals surface area contributed by atoms with Crippen LogP contribution in [-0.4, -0.2) is 74.7 Å². The van der Waals surface area contributed by atoms with E-state index in [0.717, 1.165) is 45.6 Å². The van der Waals surface area contributed by atoms with Crippen LogP contribution in [0.15, 0.2) is 0 Å². The smallest absolute Gasteiger partial charge is 0.239 e. The van der Waals surface area contributed by atoms with Crippen LogP contribution in [-0.2, 0) is 9.53 Å². The Kier molecular flexibility index (Phi) is 4.36. The number of likely N-dealkylation sites (N-methyl/N-ethyl adjacent to an activating group) is 2. The molecule has 2 heterocycles. The number of nitrogens with one attached hydrogen (secondary N) is 1. The van der Waals surface area contributed by atoms with Crippen molar-refractivity contribution in [3.05, 3.63) is 0 Å². The lowest BCUT2D eigenvalue weighted by Crippen LogP contribution is -2.54. The van der Waals surface area contributed by atoms with Crippen molar-refractivity contribution in [2.24, 2.45) is 0 Å². The monoisotopic (exact) mass is 241 g/mol. The molecule has 0 spiro atoms. The minimum atomic E-state index is 0.00469. The number of hydrogen-bond donors (Lipinski definition) is 1. The Balaban J connectivity index is 1.87. The lowest BCUT2D eigenvalue weighted by Gasteiger charge is -2.37. The molecule has 2 unspecified atom stereocenters. The molecule has 0 radical (unpaired) electrons. The van der Waals surface area contributed by atoms with Crippen LogP contribution in [0.25, 0.3) is 0 Å². The summed E-state index contributed by atoms with van der Waals surface area (Å²) in [6, 6.07) is 0.00469. The van der Waals surface area contributed by atoms with Crippen molar-refractivity contribution in [3.8, 4) is 0 Å². The highest BCUT2D eigenvalue weighted by molar-refractivity contribution is 5.82. The number of ether oxygens (including phenoxy) is 1. The fraction of sp³-hybridized carbons (Fsp3) is 0.917. The van der Waals surface area contributed by atoms with Gasteiger partial charge in [-0.25, -0.2) is 0 Å². The molecule has 98 valence electrons. The number of piperidine rings is 1. The summed E-state index contributed by atoms with van der Waals surface area (Å²) in [7, 11) is 3.96. The first-order chi connectivity index (χ1) is 8.20. The number of hydrogen-bond acceptors (Lipinski definition) is 4. The second kappa shape index (κ2) is 5.80. The lowest BCUT2D eigenvalue weighted by molar-refractivity contribution is -0.139. The van der Waals surface area contributed by atoms with Crippen LogP contribution < -0.4 is 5.32 Å². The highest BCUT2D eigenvalue weighted by Crippen LogP contribution is 2.14. The van der Waals surface area contributed by atoms with Crippen LogP contribution in [0.3, 0.4) is 0 Å². The summed E-state index contributed by atoms with van der Waals surface area (Å²) in [5.41, 5.74) is 0. The van der Waals surface area contributed by atoms with Crippen molar-refractivity contribution in [1.29, 1.82) is 0 Å². The van der Waals surface area contributed by atoms with Crippen molar-refractivity contribution >= 4 is 5.91 Å². The van der Waals surface area contributed by atoms with Gasteiger partial charge < -0.3 is 19.9 Å². The van der Waals surface area contributed by atoms with Crippen molar-refractivity contribution in [2.45, 2.75) is 25.0 Å². The number of morpholine rings is 1. The van der Waals surface area contributed by atoms with E-state index < -0.39 is 0 Å². The van der Waals surface area contributed by atoms with Gasteiger partial charge in [0.05, 0.1) is 18.8 Å². The maximum absolute atomic E-state index is 12.1. The molecule has 2 atom stereocenters. The second-order valence-electron chi connectivity index (χ2n) is 5.02. The van der Waals surface area contributed by atoms with E-state index in [0.29, 0.717) is 0 Å². The number of amides is 1. The van der Waals surface area contributed by atoms with E-state index >= 15 is 0 Å². The van der Waals surface area contributed by atoms with Crippen LogP contribution in [0.2, 0.25) is 0 Å². The van der Waals surface area contributed by atoms with Gasteiger partial charge in [-0.3, -0.25) is 4.79 Å². The van der Waals surface area contributed by atoms with E-state index in [2.05, 4.69) is 17.3 Å². The molecule has 2 aliphatic heterocycles. The standard InChI is InChI=1S/C12H23N3O2/c1-13-11-4-3-5-15(12(11)16)9-10-8-14(2)6-7-17-10/h10-11,13H,3-9H2,1-2H3. The largest absolute Gasteiger partial charge is 0.374 e. The second-order valence-corrected chi connectivity index (χ2v) is 5.02. The van der Waals surface area contributed by atoms with Crippen LogP contribution in [0, 0.1) is 0 Å². The van der Waals surface area contributed by atoms with E-state index in [9.17, 15) is 4.79 Å². The molecule has 5 nitrogen and oxygen atoms in total. The molecule has 0 aromatic carbocycles. The molecule has 2 fully saturated rings. The Bertz CT molecular complexity index is 272. The summed E-state index contributed by atoms with van der Waals surface area (Å²) >= 11 is 0. The highest BCUT2D eigenvalue weighted by atomic mass is 16.5. The van der Waals surface area contributed by atoms with Crippen LogP contribution in [0.5, 0.6) is 0 Å². The molecule has 0 saturated carbocycles. The number of carbonyl (C=O) groups excluding carboxylic acids is 1. The van der Waals surface area contributed by atoms with Gasteiger partial charge in [0.15, 0.2) is 0 Å². The zero-order valence-corrected chi connectivity index (χ0v) is 10.8. The molecule has 0 aromatic heterocycles. The first-order valence-corrected chi connectivity index (χ1v) is 6.47. The SMILES string of the molecule is CNC1CCCN(CC2CN(C)CCO2)C1=O. The average molecular weight is 241 g/mol. The Labute approximate surface area is 103 Å². The molecular weight excluding hydrogens is 218 g/mol. The Morgan fingerprint density at radius 3 is 3.00 bits per heavy atom. The van der Waals surface area contributed by atoms with Gasteiger partial charge in [0, 0.05) is 26.2 Å². The van der Waals surface area contributed by atoms with E-state index in [1.165, 1.54) is 0 Å². The molecule has 0 aromatic rings. The predicted molar refractivity (Wildman–Crippen MR) is 65.9 cm³/mol. The van der Waals surface area contributed by atoms with E-state index in [-0.39, 0.29) is 18.1 Å². The maximum Gasteiger partial charge on any atom is 0.239 e. The van der Waals surface area contributed by atoms with Crippen LogP contribution >= 0.6 is 0 Å². The predicted octanol–water partition coefficient (Wildman–Crippen LogP) is -0.473. The number of likely N-dealkylation sites (tertiary alicyclic amines) is 1. The summed E-state index contributed by atoms with van der Waals surface area (Å²) in [6.07, 6.45) is 2.21. The summed E-state index contributed by atoms with van der Waals surface area (Å²) in [5.74, 6) is 0.232. The molecule has 2 saturated heterocycles. The molecule has 1 N–H and O–H groups in total.